The van der Waals surface area contributed by atoms with E-state index in [9.17, 15) is 4.79 Å². The molecule has 1 N–H and O–H groups in total. The third kappa shape index (κ3) is 3.55. The fraction of sp³-hybridized carbons (Fsp3) is 0.318. The Morgan fingerprint density at radius 1 is 1.11 bits per heavy atom. The van der Waals surface area contributed by atoms with Crippen LogP contribution in [-0.4, -0.2) is 43.0 Å². The summed E-state index contributed by atoms with van der Waals surface area (Å²) in [5.41, 5.74) is 3.64. The van der Waals surface area contributed by atoms with Crippen LogP contribution >= 0.6 is 0 Å². The summed E-state index contributed by atoms with van der Waals surface area (Å²) in [6.45, 7) is 4.47. The molecule has 1 atom stereocenters. The van der Waals surface area contributed by atoms with Crippen molar-refractivity contribution in [3.8, 4) is 11.5 Å². The van der Waals surface area contributed by atoms with Gasteiger partial charge in [-0.3, -0.25) is 9.69 Å². The van der Waals surface area contributed by atoms with E-state index in [1.807, 2.05) is 68.3 Å². The van der Waals surface area contributed by atoms with Gasteiger partial charge in [0.2, 0.25) is 0 Å². The number of nitrogens with one attached hydrogen (secondary N) is 1. The van der Waals surface area contributed by atoms with E-state index in [4.69, 9.17) is 9.47 Å². The van der Waals surface area contributed by atoms with E-state index in [0.717, 1.165) is 27.7 Å². The monoisotopic (exact) mass is 366 g/mol. The Labute approximate surface area is 159 Å². The van der Waals surface area contributed by atoms with Gasteiger partial charge in [-0.2, -0.15) is 0 Å². The number of likely N-dealkylation sites (N-methyl/N-ethyl adjacent to an activating group) is 1. The molecule has 0 saturated carbocycles. The number of carbonyl (C=O) groups is 1. The van der Waals surface area contributed by atoms with Crippen LogP contribution in [0.5, 0.6) is 11.5 Å². The van der Waals surface area contributed by atoms with Gasteiger partial charge in [-0.15, -0.1) is 0 Å². The lowest BCUT2D eigenvalue weighted by atomic mass is 10.0. The smallest absolute Gasteiger partial charge is 0.182 e. The molecule has 0 aliphatic heterocycles. The number of aryl methyl sites for hydroxylation is 1. The molecular formula is C22H26N2O3. The molecule has 3 aromatic rings. The number of hydrogen-bond acceptors (Lipinski definition) is 4. The van der Waals surface area contributed by atoms with Gasteiger partial charge in [0.15, 0.2) is 17.3 Å². The molecule has 0 aliphatic rings. The lowest BCUT2D eigenvalue weighted by molar-refractivity contribution is 0.0862. The van der Waals surface area contributed by atoms with Gasteiger partial charge in [0, 0.05) is 34.3 Å². The molecule has 2 aromatic carbocycles. The number of ketones is 1. The van der Waals surface area contributed by atoms with Gasteiger partial charge in [0.25, 0.3) is 0 Å². The molecule has 0 saturated heterocycles. The van der Waals surface area contributed by atoms with Gasteiger partial charge in [-0.25, -0.2) is 0 Å². The molecule has 5 nitrogen and oxygen atoms in total. The Balaban J connectivity index is 1.86. The molecule has 0 aliphatic carbocycles. The molecule has 0 unspecified atom stereocenters. The Morgan fingerprint density at radius 2 is 1.85 bits per heavy atom. The van der Waals surface area contributed by atoms with Crippen molar-refractivity contribution in [1.82, 2.24) is 9.88 Å². The molecule has 0 radical (unpaired) electrons. The number of fused-ring (bicyclic) bond motifs is 1. The number of hydrogen-bond donors (Lipinski definition) is 1. The van der Waals surface area contributed by atoms with E-state index < -0.39 is 0 Å². The lowest BCUT2D eigenvalue weighted by Gasteiger charge is -2.25. The van der Waals surface area contributed by atoms with Gasteiger partial charge in [0.1, 0.15) is 0 Å². The van der Waals surface area contributed by atoms with Crippen molar-refractivity contribution in [2.45, 2.75) is 26.4 Å². The number of benzene rings is 2. The number of aromatic nitrogens is 1. The van der Waals surface area contributed by atoms with Crippen LogP contribution in [0.2, 0.25) is 0 Å². The van der Waals surface area contributed by atoms with Crippen molar-refractivity contribution in [3.05, 3.63) is 59.3 Å². The van der Waals surface area contributed by atoms with Crippen LogP contribution in [0, 0.1) is 6.92 Å². The van der Waals surface area contributed by atoms with E-state index in [-0.39, 0.29) is 11.8 Å². The summed E-state index contributed by atoms with van der Waals surface area (Å²) >= 11 is 0. The molecule has 3 rings (SSSR count). The van der Waals surface area contributed by atoms with Gasteiger partial charge in [-0.05, 0) is 33.0 Å². The first kappa shape index (κ1) is 19.0. The molecule has 0 amide bonds. The van der Waals surface area contributed by atoms with E-state index in [1.165, 1.54) is 0 Å². The Hall–Kier alpha value is -2.79. The fourth-order valence-electron chi connectivity index (χ4n) is 3.49. The summed E-state index contributed by atoms with van der Waals surface area (Å²) < 4.78 is 10.9. The molecule has 1 aromatic heterocycles. The normalized spacial score (nSPS) is 12.4. The third-order valence-corrected chi connectivity index (χ3v) is 5.08. The van der Waals surface area contributed by atoms with Crippen LogP contribution in [0.3, 0.4) is 0 Å². The minimum atomic E-state index is -0.279. The van der Waals surface area contributed by atoms with Gasteiger partial charge in [0.05, 0.1) is 20.3 Å². The highest BCUT2D eigenvalue weighted by atomic mass is 16.5. The lowest BCUT2D eigenvalue weighted by Crippen LogP contribution is -2.35. The highest BCUT2D eigenvalue weighted by Gasteiger charge is 2.25. The molecule has 0 bridgehead atoms. The van der Waals surface area contributed by atoms with E-state index in [1.54, 1.807) is 14.2 Å². The minimum Gasteiger partial charge on any atom is -0.493 e. The van der Waals surface area contributed by atoms with Crippen LogP contribution in [0.1, 0.15) is 28.5 Å². The zero-order chi connectivity index (χ0) is 19.6. The maximum atomic E-state index is 13.2. The number of carbonyl (C=O) groups excluding carboxylic acids is 1. The van der Waals surface area contributed by atoms with Crippen LogP contribution in [0.15, 0.2) is 42.5 Å². The van der Waals surface area contributed by atoms with Crippen LogP contribution in [0.4, 0.5) is 0 Å². The zero-order valence-electron chi connectivity index (χ0n) is 16.5. The topological polar surface area (TPSA) is 54.6 Å². The quantitative estimate of drug-likeness (QED) is 0.637. The fourth-order valence-corrected chi connectivity index (χ4v) is 3.49. The number of H-pyrrole nitrogens is 1. The van der Waals surface area contributed by atoms with E-state index in [2.05, 4.69) is 4.98 Å². The molecule has 0 fully saturated rings. The van der Waals surface area contributed by atoms with Crippen molar-refractivity contribution in [1.29, 1.82) is 0 Å². The van der Waals surface area contributed by atoms with Gasteiger partial charge in [-0.1, -0.05) is 30.3 Å². The van der Waals surface area contributed by atoms with E-state index >= 15 is 0 Å². The van der Waals surface area contributed by atoms with Crippen molar-refractivity contribution in [3.63, 3.8) is 0 Å². The van der Waals surface area contributed by atoms with Crippen LogP contribution in [-0.2, 0) is 6.54 Å². The van der Waals surface area contributed by atoms with Crippen molar-refractivity contribution < 1.29 is 14.3 Å². The Kier molecular flexibility index (Phi) is 5.51. The number of ether oxygens (including phenoxy) is 2. The van der Waals surface area contributed by atoms with Crippen molar-refractivity contribution in [2.24, 2.45) is 0 Å². The minimum absolute atomic E-state index is 0.106. The van der Waals surface area contributed by atoms with Crippen molar-refractivity contribution in [2.75, 3.05) is 21.3 Å². The molecule has 1 heterocycles. The largest absolute Gasteiger partial charge is 0.493 e. The molecule has 142 valence electrons. The van der Waals surface area contributed by atoms with Gasteiger partial charge < -0.3 is 14.5 Å². The molecular weight excluding hydrogens is 340 g/mol. The number of Topliss-reactive ketones (excluding diaryl/α,β-unsaturated/α-hetero) is 1. The third-order valence-electron chi connectivity index (χ3n) is 5.08. The Bertz CT molecular complexity index is 961. The number of para-hydroxylation sites is 2. The first-order chi connectivity index (χ1) is 13.0. The number of rotatable bonds is 7. The highest BCUT2D eigenvalue weighted by Crippen LogP contribution is 2.32. The molecule has 5 heteroatoms. The second-order valence-corrected chi connectivity index (χ2v) is 6.78. The van der Waals surface area contributed by atoms with Gasteiger partial charge >= 0.3 is 0 Å². The predicted molar refractivity (Wildman–Crippen MR) is 108 cm³/mol. The first-order valence-electron chi connectivity index (χ1n) is 8.99. The number of methoxy groups -OCH3 is 2. The molecule has 0 spiro atoms. The second-order valence-electron chi connectivity index (χ2n) is 6.78. The average molecular weight is 366 g/mol. The SMILES string of the molecule is COc1cccc(CN(C)[C@H](C)C(=O)c2c(C)[nH]c3ccccc23)c1OC. The number of aromatic amines is 1. The maximum absolute atomic E-state index is 13.2. The predicted octanol–water partition coefficient (Wildman–Crippen LogP) is 4.20. The summed E-state index contributed by atoms with van der Waals surface area (Å²) in [4.78, 5) is 18.6. The summed E-state index contributed by atoms with van der Waals surface area (Å²) in [7, 11) is 5.20. The maximum Gasteiger partial charge on any atom is 0.182 e. The summed E-state index contributed by atoms with van der Waals surface area (Å²) in [6, 6.07) is 13.4. The summed E-state index contributed by atoms with van der Waals surface area (Å²) in [5.74, 6) is 1.50. The Morgan fingerprint density at radius 3 is 2.56 bits per heavy atom. The van der Waals surface area contributed by atoms with Crippen molar-refractivity contribution >= 4 is 16.7 Å². The number of nitrogens with zero attached hydrogens (tertiary/aromatic N) is 1. The molecule has 27 heavy (non-hydrogen) atoms. The highest BCUT2D eigenvalue weighted by molar-refractivity contribution is 6.11. The van der Waals surface area contributed by atoms with E-state index in [0.29, 0.717) is 18.0 Å². The zero-order valence-corrected chi connectivity index (χ0v) is 16.5. The standard InChI is InChI=1S/C22H26N2O3/c1-14-20(17-10-6-7-11-18(17)23-14)21(25)15(2)24(3)13-16-9-8-12-19(26-4)22(16)27-5/h6-12,15,23H,13H2,1-5H3/t15-/m1/s1. The van der Waals surface area contributed by atoms with Crippen LogP contribution in [0.25, 0.3) is 10.9 Å². The summed E-state index contributed by atoms with van der Waals surface area (Å²) in [5, 5.41) is 0.971. The average Bonchev–Trinajstić information content (AvgIpc) is 3.02. The second kappa shape index (κ2) is 7.84. The van der Waals surface area contributed by atoms with Crippen LogP contribution < -0.4 is 9.47 Å². The summed E-state index contributed by atoms with van der Waals surface area (Å²) in [6.07, 6.45) is 0. The first-order valence-corrected chi connectivity index (χ1v) is 8.99.